The standard InChI is InChI=1S/C36H52N2.C5H10/c1-8-10-29-18-25(3)13-16-33(29)32-20-31-15-14-28(27(5)37(6)7)21-36(31)38(22-32)23-35-26(4)19-34(35)30-12-9-11-24(2)17-30;1-3-5-4-2/h13-16,18,21,24,26,30,32,34-35H,5,8-12,17,19-20,22-23H2,1-4,6-7H3;3H,1,4-5H2,2H3. The quantitative estimate of drug-likeness (QED) is 0.257. The largest absolute Gasteiger partial charge is 0.378 e. The van der Waals surface area contributed by atoms with Gasteiger partial charge in [-0.25, -0.2) is 0 Å². The Balaban J connectivity index is 0.000000782. The molecule has 0 aromatic heterocycles. The molecule has 2 aliphatic carbocycles. The molecule has 2 fully saturated rings. The maximum Gasteiger partial charge on any atom is 0.0406 e. The Kier molecular flexibility index (Phi) is 12.0. The zero-order valence-corrected chi connectivity index (χ0v) is 28.8. The van der Waals surface area contributed by atoms with E-state index in [4.69, 9.17) is 0 Å². The normalized spacial score (nSPS) is 26.4. The van der Waals surface area contributed by atoms with E-state index >= 15 is 0 Å². The molecule has 2 aromatic carbocycles. The number of fused-ring (bicyclic) bond motifs is 1. The van der Waals surface area contributed by atoms with Crippen LogP contribution in [0.1, 0.15) is 113 Å². The van der Waals surface area contributed by atoms with Crippen LogP contribution in [0.5, 0.6) is 0 Å². The van der Waals surface area contributed by atoms with Gasteiger partial charge in [-0.15, -0.1) is 6.58 Å². The Labute approximate surface area is 265 Å². The van der Waals surface area contributed by atoms with Crippen molar-refractivity contribution in [1.82, 2.24) is 4.90 Å². The average molecular weight is 583 g/mol. The molecule has 2 heteroatoms. The van der Waals surface area contributed by atoms with E-state index in [1.165, 1.54) is 80.3 Å². The second-order valence-electron chi connectivity index (χ2n) is 14.6. The van der Waals surface area contributed by atoms with Gasteiger partial charge in [0.25, 0.3) is 0 Å². The summed E-state index contributed by atoms with van der Waals surface area (Å²) in [5.41, 5.74) is 9.92. The molecule has 1 aliphatic heterocycles. The van der Waals surface area contributed by atoms with Crippen LogP contribution in [0.25, 0.3) is 5.70 Å². The van der Waals surface area contributed by atoms with Gasteiger partial charge in [0, 0.05) is 44.5 Å². The molecule has 6 unspecified atom stereocenters. The van der Waals surface area contributed by atoms with Gasteiger partial charge in [-0.3, -0.25) is 0 Å². The fraction of sp³-hybridized carbons (Fsp3) is 0.610. The second kappa shape index (κ2) is 15.5. The van der Waals surface area contributed by atoms with Gasteiger partial charge in [0.15, 0.2) is 0 Å². The van der Waals surface area contributed by atoms with Gasteiger partial charge in [0.1, 0.15) is 0 Å². The number of unbranched alkanes of at least 4 members (excludes halogenated alkanes) is 1. The molecule has 2 aromatic rings. The van der Waals surface area contributed by atoms with E-state index in [-0.39, 0.29) is 0 Å². The van der Waals surface area contributed by atoms with E-state index < -0.39 is 0 Å². The van der Waals surface area contributed by atoms with Crippen LogP contribution in [0.3, 0.4) is 0 Å². The Hall–Kier alpha value is -2.48. The fourth-order valence-corrected chi connectivity index (χ4v) is 8.35. The van der Waals surface area contributed by atoms with E-state index in [0.717, 1.165) is 54.7 Å². The van der Waals surface area contributed by atoms with Crippen molar-refractivity contribution in [1.29, 1.82) is 0 Å². The summed E-state index contributed by atoms with van der Waals surface area (Å²) in [6.07, 6.45) is 15.1. The van der Waals surface area contributed by atoms with Gasteiger partial charge in [0.2, 0.25) is 0 Å². The predicted octanol–water partition coefficient (Wildman–Crippen LogP) is 10.7. The third kappa shape index (κ3) is 8.17. The molecule has 0 saturated heterocycles. The highest BCUT2D eigenvalue weighted by molar-refractivity contribution is 5.69. The van der Waals surface area contributed by atoms with E-state index in [2.05, 4.69) is 108 Å². The second-order valence-corrected chi connectivity index (χ2v) is 14.6. The summed E-state index contributed by atoms with van der Waals surface area (Å²) in [7, 11) is 4.21. The van der Waals surface area contributed by atoms with Gasteiger partial charge in [-0.1, -0.05) is 108 Å². The molecule has 5 rings (SSSR count). The summed E-state index contributed by atoms with van der Waals surface area (Å²) in [5.74, 6) is 5.03. The molecule has 0 spiro atoms. The summed E-state index contributed by atoms with van der Waals surface area (Å²) < 4.78 is 0. The fourth-order valence-electron chi connectivity index (χ4n) is 8.35. The molecule has 0 bridgehead atoms. The van der Waals surface area contributed by atoms with Gasteiger partial charge in [-0.05, 0) is 96.9 Å². The smallest absolute Gasteiger partial charge is 0.0406 e. The Bertz CT molecular complexity index is 1210. The molecule has 0 N–H and O–H groups in total. The summed E-state index contributed by atoms with van der Waals surface area (Å²) >= 11 is 0. The van der Waals surface area contributed by atoms with Crippen LogP contribution in [0.4, 0.5) is 5.69 Å². The van der Waals surface area contributed by atoms with Crippen molar-refractivity contribution in [2.24, 2.45) is 29.6 Å². The van der Waals surface area contributed by atoms with Crippen molar-refractivity contribution in [2.45, 2.75) is 105 Å². The number of rotatable bonds is 10. The van der Waals surface area contributed by atoms with Crippen molar-refractivity contribution in [3.05, 3.63) is 83.4 Å². The van der Waals surface area contributed by atoms with E-state index in [0.29, 0.717) is 5.92 Å². The molecular weight excluding hydrogens is 520 g/mol. The van der Waals surface area contributed by atoms with Gasteiger partial charge < -0.3 is 9.80 Å². The maximum absolute atomic E-state index is 4.39. The molecule has 6 atom stereocenters. The minimum absolute atomic E-state index is 0.566. The lowest BCUT2D eigenvalue weighted by molar-refractivity contribution is 0.0148. The first kappa shape index (κ1) is 33.4. The predicted molar refractivity (Wildman–Crippen MR) is 190 cm³/mol. The Morgan fingerprint density at radius 3 is 2.44 bits per heavy atom. The highest BCUT2D eigenvalue weighted by atomic mass is 15.1. The van der Waals surface area contributed by atoms with E-state index in [9.17, 15) is 0 Å². The number of hydrogen-bond donors (Lipinski definition) is 0. The van der Waals surface area contributed by atoms with Crippen LogP contribution in [-0.2, 0) is 12.8 Å². The zero-order valence-electron chi connectivity index (χ0n) is 28.8. The number of hydrogen-bond acceptors (Lipinski definition) is 2. The summed E-state index contributed by atoms with van der Waals surface area (Å²) in [5, 5.41) is 0. The van der Waals surface area contributed by atoms with Crippen LogP contribution in [0.15, 0.2) is 55.6 Å². The van der Waals surface area contributed by atoms with Gasteiger partial charge >= 0.3 is 0 Å². The summed E-state index contributed by atoms with van der Waals surface area (Å²) in [4.78, 5) is 4.96. The molecular formula is C41H62N2. The summed E-state index contributed by atoms with van der Waals surface area (Å²) in [6, 6.07) is 14.4. The van der Waals surface area contributed by atoms with Crippen molar-refractivity contribution in [3.8, 4) is 0 Å². The lowest BCUT2D eigenvalue weighted by atomic mass is 9.57. The van der Waals surface area contributed by atoms with Crippen molar-refractivity contribution < 1.29 is 0 Å². The van der Waals surface area contributed by atoms with Crippen molar-refractivity contribution in [3.63, 3.8) is 0 Å². The van der Waals surface area contributed by atoms with Crippen LogP contribution in [0.2, 0.25) is 0 Å². The molecule has 2 nitrogen and oxygen atoms in total. The average Bonchev–Trinajstić information content (AvgIpc) is 2.98. The molecule has 0 amide bonds. The molecule has 0 radical (unpaired) electrons. The number of benzene rings is 2. The first-order valence-electron chi connectivity index (χ1n) is 17.6. The monoisotopic (exact) mass is 582 g/mol. The van der Waals surface area contributed by atoms with Crippen LogP contribution >= 0.6 is 0 Å². The number of anilines is 1. The van der Waals surface area contributed by atoms with Crippen LogP contribution < -0.4 is 4.90 Å². The third-order valence-electron chi connectivity index (χ3n) is 10.9. The molecule has 2 saturated carbocycles. The van der Waals surface area contributed by atoms with Crippen LogP contribution in [-0.4, -0.2) is 32.1 Å². The SMILES string of the molecule is C=C(c1ccc2c(c1)N(CC1C(C)CC1C1CCCC(C)C1)CC(c1ccc(C)cc1CCC)C2)N(C)C.C=CCCC. The third-order valence-corrected chi connectivity index (χ3v) is 10.9. The first-order chi connectivity index (χ1) is 20.7. The highest BCUT2D eigenvalue weighted by Gasteiger charge is 2.44. The van der Waals surface area contributed by atoms with Crippen molar-refractivity contribution >= 4 is 11.4 Å². The molecule has 236 valence electrons. The summed E-state index contributed by atoms with van der Waals surface area (Å²) in [6.45, 7) is 22.0. The maximum atomic E-state index is 4.39. The number of nitrogens with zero attached hydrogens (tertiary/aromatic N) is 2. The molecule has 1 heterocycles. The minimum Gasteiger partial charge on any atom is -0.378 e. The van der Waals surface area contributed by atoms with E-state index in [1.807, 2.05) is 6.08 Å². The lowest BCUT2D eigenvalue weighted by Crippen LogP contribution is -2.49. The first-order valence-corrected chi connectivity index (χ1v) is 17.6. The molecule has 43 heavy (non-hydrogen) atoms. The zero-order chi connectivity index (χ0) is 31.1. The lowest BCUT2D eigenvalue weighted by Gasteiger charge is -2.52. The minimum atomic E-state index is 0.566. The van der Waals surface area contributed by atoms with Gasteiger partial charge in [0.05, 0.1) is 0 Å². The van der Waals surface area contributed by atoms with Crippen molar-refractivity contribution in [2.75, 3.05) is 32.1 Å². The number of allylic oxidation sites excluding steroid dienone is 1. The topological polar surface area (TPSA) is 6.48 Å². The van der Waals surface area contributed by atoms with Gasteiger partial charge in [-0.2, -0.15) is 0 Å². The number of aryl methyl sites for hydroxylation is 2. The Morgan fingerprint density at radius 1 is 1.02 bits per heavy atom. The Morgan fingerprint density at radius 2 is 1.81 bits per heavy atom. The molecule has 3 aliphatic rings. The highest BCUT2D eigenvalue weighted by Crippen LogP contribution is 2.51. The van der Waals surface area contributed by atoms with Crippen LogP contribution in [0, 0.1) is 36.5 Å². The van der Waals surface area contributed by atoms with E-state index in [1.54, 1.807) is 11.1 Å².